The monoisotopic (exact) mass is 528 g/mol. The number of hydrogen-bond donors (Lipinski definition) is 2. The topological polar surface area (TPSA) is 93.1 Å². The molecule has 4 rings (SSSR count). The van der Waals surface area contributed by atoms with Gasteiger partial charge in [0.1, 0.15) is 23.0 Å². The highest BCUT2D eigenvalue weighted by Gasteiger charge is 2.32. The van der Waals surface area contributed by atoms with Crippen LogP contribution in [0.3, 0.4) is 0 Å². The number of benzene rings is 4. The molecule has 0 saturated heterocycles. The molecule has 4 aromatic rings. The van der Waals surface area contributed by atoms with Gasteiger partial charge in [0, 0.05) is 22.2 Å². The molecule has 7 heteroatoms. The highest BCUT2D eigenvalue weighted by Crippen LogP contribution is 2.27. The second-order valence-corrected chi connectivity index (χ2v) is 9.48. The summed E-state index contributed by atoms with van der Waals surface area (Å²) in [5.41, 5.74) is 1.07. The van der Waals surface area contributed by atoms with Crippen LogP contribution in [0, 0.1) is 0 Å². The predicted molar refractivity (Wildman–Crippen MR) is 147 cm³/mol. The first-order valence-electron chi connectivity index (χ1n) is 11.7. The lowest BCUT2D eigenvalue weighted by molar-refractivity contribution is -0.149. The van der Waals surface area contributed by atoms with Crippen molar-refractivity contribution >= 4 is 35.5 Å². The molecule has 0 heterocycles. The molecule has 4 aromatic carbocycles. The summed E-state index contributed by atoms with van der Waals surface area (Å²) in [5.74, 6) is -0.195. The van der Waals surface area contributed by atoms with Gasteiger partial charge in [0.25, 0.3) is 0 Å². The van der Waals surface area contributed by atoms with Crippen molar-refractivity contribution in [1.29, 1.82) is 0 Å². The Bertz CT molecular complexity index is 1470. The largest absolute Gasteiger partial charge is 0.508 e. The molecule has 0 amide bonds. The van der Waals surface area contributed by atoms with E-state index in [4.69, 9.17) is 21.1 Å². The Morgan fingerprint density at radius 3 is 1.92 bits per heavy atom. The highest BCUT2D eigenvalue weighted by molar-refractivity contribution is 6.30. The van der Waals surface area contributed by atoms with E-state index in [2.05, 4.69) is 0 Å². The van der Waals surface area contributed by atoms with Crippen molar-refractivity contribution in [3.05, 3.63) is 118 Å². The fraction of sp³-hybridized carbons (Fsp3) is 0.0968. The molecule has 0 atom stereocenters. The average molecular weight is 529 g/mol. The Kier molecular flexibility index (Phi) is 7.84. The van der Waals surface area contributed by atoms with Crippen molar-refractivity contribution in [3.8, 4) is 23.0 Å². The summed E-state index contributed by atoms with van der Waals surface area (Å²) in [4.78, 5) is 25.6. The normalized spacial score (nSPS) is 11.3. The number of phenols is 2. The van der Waals surface area contributed by atoms with Crippen LogP contribution >= 0.6 is 11.6 Å². The third kappa shape index (κ3) is 6.81. The predicted octanol–water partition coefficient (Wildman–Crippen LogP) is 6.92. The fourth-order valence-electron chi connectivity index (χ4n) is 3.55. The van der Waals surface area contributed by atoms with Gasteiger partial charge in [0.05, 0.1) is 0 Å². The molecule has 0 aliphatic heterocycles. The van der Waals surface area contributed by atoms with Crippen molar-refractivity contribution in [2.24, 2.45) is 0 Å². The van der Waals surface area contributed by atoms with Gasteiger partial charge in [-0.1, -0.05) is 35.9 Å². The number of ether oxygens (including phenoxy) is 2. The molecular formula is C31H25ClO6. The van der Waals surface area contributed by atoms with Gasteiger partial charge in [0.15, 0.2) is 5.78 Å². The van der Waals surface area contributed by atoms with Crippen LogP contribution in [-0.2, 0) is 4.79 Å². The summed E-state index contributed by atoms with van der Waals surface area (Å²) in [7, 11) is 0. The minimum atomic E-state index is -1.37. The van der Waals surface area contributed by atoms with Crippen LogP contribution in [-0.4, -0.2) is 27.6 Å². The van der Waals surface area contributed by atoms with E-state index in [-0.39, 0.29) is 23.0 Å². The number of carbonyl (C=O) groups is 2. The van der Waals surface area contributed by atoms with Crippen LogP contribution in [0.1, 0.15) is 40.9 Å². The zero-order valence-electron chi connectivity index (χ0n) is 20.7. The van der Waals surface area contributed by atoms with Crippen molar-refractivity contribution < 1.29 is 29.3 Å². The Balaban J connectivity index is 1.42. The number of carbonyl (C=O) groups excluding carboxylic acids is 2. The number of aromatic hydroxyl groups is 2. The van der Waals surface area contributed by atoms with E-state index in [0.29, 0.717) is 27.5 Å². The van der Waals surface area contributed by atoms with E-state index in [1.165, 1.54) is 12.1 Å². The third-order valence-corrected chi connectivity index (χ3v) is 5.82. The molecule has 38 heavy (non-hydrogen) atoms. The minimum Gasteiger partial charge on any atom is -0.508 e. The third-order valence-electron chi connectivity index (χ3n) is 5.57. The Labute approximate surface area is 225 Å². The van der Waals surface area contributed by atoms with Crippen molar-refractivity contribution in [2.45, 2.75) is 19.4 Å². The van der Waals surface area contributed by atoms with Crippen LogP contribution in [0.4, 0.5) is 0 Å². The summed E-state index contributed by atoms with van der Waals surface area (Å²) in [6, 6.07) is 24.2. The second-order valence-electron chi connectivity index (χ2n) is 9.05. The Morgan fingerprint density at radius 2 is 1.29 bits per heavy atom. The van der Waals surface area contributed by atoms with E-state index >= 15 is 0 Å². The lowest BCUT2D eigenvalue weighted by Gasteiger charge is -2.24. The minimum absolute atomic E-state index is 0.0691. The number of halogens is 1. The number of ketones is 1. The van der Waals surface area contributed by atoms with Crippen molar-refractivity contribution in [1.82, 2.24) is 0 Å². The highest BCUT2D eigenvalue weighted by atomic mass is 35.5. The molecule has 0 unspecified atom stereocenters. The zero-order chi connectivity index (χ0) is 27.3. The first-order chi connectivity index (χ1) is 18.1. The van der Waals surface area contributed by atoms with Gasteiger partial charge >= 0.3 is 5.97 Å². The number of rotatable bonds is 8. The maximum absolute atomic E-state index is 12.9. The number of hydrogen-bond acceptors (Lipinski definition) is 6. The fourth-order valence-corrected chi connectivity index (χ4v) is 3.67. The summed E-state index contributed by atoms with van der Waals surface area (Å²) in [6.07, 6.45) is 3.55. The van der Waals surface area contributed by atoms with Crippen molar-refractivity contribution in [2.75, 3.05) is 0 Å². The quantitative estimate of drug-likeness (QED) is 0.112. The molecule has 6 nitrogen and oxygen atoms in total. The van der Waals surface area contributed by atoms with Crippen LogP contribution in [0.15, 0.2) is 91.0 Å². The van der Waals surface area contributed by atoms with Crippen LogP contribution < -0.4 is 9.47 Å². The first kappa shape index (κ1) is 26.5. The molecule has 0 aliphatic carbocycles. The summed E-state index contributed by atoms with van der Waals surface area (Å²) in [5, 5.41) is 20.1. The van der Waals surface area contributed by atoms with Gasteiger partial charge in [-0.2, -0.15) is 0 Å². The van der Waals surface area contributed by atoms with Gasteiger partial charge in [-0.15, -0.1) is 0 Å². The molecular weight excluding hydrogens is 504 g/mol. The van der Waals surface area contributed by atoms with E-state index in [9.17, 15) is 19.8 Å². The molecule has 0 aliphatic rings. The lowest BCUT2D eigenvalue weighted by atomic mass is 10.0. The lowest BCUT2D eigenvalue weighted by Crippen LogP contribution is -2.41. The van der Waals surface area contributed by atoms with E-state index in [1.807, 2.05) is 0 Å². The average Bonchev–Trinajstić information content (AvgIpc) is 2.88. The Morgan fingerprint density at radius 1 is 0.711 bits per heavy atom. The second kappa shape index (κ2) is 11.2. The van der Waals surface area contributed by atoms with E-state index < -0.39 is 11.6 Å². The number of phenolic OH excluding ortho intramolecular Hbond substituents is 2. The van der Waals surface area contributed by atoms with Gasteiger partial charge in [-0.25, -0.2) is 4.79 Å². The summed E-state index contributed by atoms with van der Waals surface area (Å²) >= 11 is 5.89. The van der Waals surface area contributed by atoms with Crippen LogP contribution in [0.2, 0.25) is 5.02 Å². The standard InChI is InChI=1S/C31H25ClO6/c1-31(2,38-27-15-9-23(10-16-27)29(35)22-7-11-24(32)12-8-22)30(36)37-28-18-21(17-26(34)19-28)4-3-20-5-13-25(33)14-6-20/h3-19,33-34H,1-2H3. The molecule has 0 fully saturated rings. The molecule has 0 radical (unpaired) electrons. The SMILES string of the molecule is CC(C)(Oc1ccc(C(=O)c2ccc(Cl)cc2)cc1)C(=O)Oc1cc(O)cc(C=Cc2ccc(O)cc2)c1. The summed E-state index contributed by atoms with van der Waals surface area (Å²) in [6.45, 7) is 3.13. The zero-order valence-corrected chi connectivity index (χ0v) is 21.5. The van der Waals surface area contributed by atoms with E-state index in [0.717, 1.165) is 5.56 Å². The van der Waals surface area contributed by atoms with E-state index in [1.54, 1.807) is 105 Å². The maximum atomic E-state index is 12.9. The smallest absolute Gasteiger partial charge is 0.355 e. The molecule has 0 bridgehead atoms. The van der Waals surface area contributed by atoms with Gasteiger partial charge in [-0.05, 0) is 97.8 Å². The molecule has 0 aromatic heterocycles. The summed E-state index contributed by atoms with van der Waals surface area (Å²) < 4.78 is 11.4. The molecule has 192 valence electrons. The van der Waals surface area contributed by atoms with Crippen LogP contribution in [0.25, 0.3) is 12.2 Å². The van der Waals surface area contributed by atoms with Gasteiger partial charge in [-0.3, -0.25) is 4.79 Å². The molecule has 2 N–H and O–H groups in total. The first-order valence-corrected chi connectivity index (χ1v) is 12.1. The molecule has 0 saturated carbocycles. The molecule has 0 spiro atoms. The number of esters is 1. The van der Waals surface area contributed by atoms with Crippen molar-refractivity contribution in [3.63, 3.8) is 0 Å². The van der Waals surface area contributed by atoms with Gasteiger partial charge < -0.3 is 19.7 Å². The Hall–Kier alpha value is -4.55. The maximum Gasteiger partial charge on any atom is 0.355 e. The van der Waals surface area contributed by atoms with Gasteiger partial charge in [0.2, 0.25) is 5.60 Å². The van der Waals surface area contributed by atoms with Crippen LogP contribution in [0.5, 0.6) is 23.0 Å².